The Bertz CT molecular complexity index is 525. The van der Waals surface area contributed by atoms with Gasteiger partial charge in [-0.05, 0) is 30.9 Å². The van der Waals surface area contributed by atoms with Gasteiger partial charge in [0.15, 0.2) is 11.5 Å². The summed E-state index contributed by atoms with van der Waals surface area (Å²) in [6, 6.07) is 10.7. The van der Waals surface area contributed by atoms with Gasteiger partial charge in [-0.1, -0.05) is 18.2 Å². The van der Waals surface area contributed by atoms with Crippen LogP contribution in [0.2, 0.25) is 0 Å². The van der Waals surface area contributed by atoms with Crippen LogP contribution in [0.1, 0.15) is 17.4 Å². The smallest absolute Gasteiger partial charge is 0.165 e. The van der Waals surface area contributed by atoms with Crippen molar-refractivity contribution in [2.24, 2.45) is 0 Å². The van der Waals surface area contributed by atoms with Crippen molar-refractivity contribution in [1.29, 1.82) is 0 Å². The zero-order valence-electron chi connectivity index (χ0n) is 12.2. The van der Waals surface area contributed by atoms with E-state index in [-0.39, 0.29) is 0 Å². The predicted molar refractivity (Wildman–Crippen MR) is 83.9 cm³/mol. The van der Waals surface area contributed by atoms with E-state index in [1.54, 1.807) is 25.6 Å². The van der Waals surface area contributed by atoms with Crippen LogP contribution in [-0.2, 0) is 13.0 Å². The predicted octanol–water partition coefficient (Wildman–Crippen LogP) is 3.49. The third-order valence-corrected chi connectivity index (χ3v) is 4.11. The molecule has 1 N–H and O–H groups in total. The quantitative estimate of drug-likeness (QED) is 0.847. The maximum Gasteiger partial charge on any atom is 0.165 e. The Morgan fingerprint density at radius 1 is 1.15 bits per heavy atom. The molecule has 1 unspecified atom stereocenters. The van der Waals surface area contributed by atoms with Crippen LogP contribution in [0.3, 0.4) is 0 Å². The molecule has 0 saturated heterocycles. The molecular weight excluding hydrogens is 270 g/mol. The van der Waals surface area contributed by atoms with Crippen molar-refractivity contribution in [1.82, 2.24) is 5.32 Å². The van der Waals surface area contributed by atoms with Crippen molar-refractivity contribution in [2.75, 3.05) is 14.2 Å². The molecule has 1 aromatic heterocycles. The van der Waals surface area contributed by atoms with Crippen molar-refractivity contribution in [3.63, 3.8) is 0 Å². The third kappa shape index (κ3) is 3.74. The summed E-state index contributed by atoms with van der Waals surface area (Å²) in [6.07, 6.45) is 1.05. The molecule has 0 aliphatic rings. The van der Waals surface area contributed by atoms with E-state index < -0.39 is 0 Å². The molecule has 0 aliphatic heterocycles. The van der Waals surface area contributed by atoms with Crippen LogP contribution in [0, 0.1) is 0 Å². The van der Waals surface area contributed by atoms with E-state index in [1.807, 2.05) is 12.1 Å². The summed E-state index contributed by atoms with van der Waals surface area (Å²) >= 11 is 1.80. The largest absolute Gasteiger partial charge is 0.493 e. The first-order valence-corrected chi connectivity index (χ1v) is 7.58. The number of benzene rings is 1. The number of nitrogens with one attached hydrogen (secondary N) is 1. The number of para-hydroxylation sites is 1. The molecule has 20 heavy (non-hydrogen) atoms. The zero-order chi connectivity index (χ0) is 14.4. The molecule has 0 spiro atoms. The van der Waals surface area contributed by atoms with Crippen LogP contribution in [-0.4, -0.2) is 20.3 Å². The second-order valence-electron chi connectivity index (χ2n) is 4.72. The maximum absolute atomic E-state index is 5.44. The van der Waals surface area contributed by atoms with Crippen LogP contribution in [0.4, 0.5) is 0 Å². The minimum atomic E-state index is 0.421. The molecule has 0 radical (unpaired) electrons. The topological polar surface area (TPSA) is 30.5 Å². The molecule has 0 bridgehead atoms. The van der Waals surface area contributed by atoms with Crippen molar-refractivity contribution in [2.45, 2.75) is 25.9 Å². The normalized spacial score (nSPS) is 12.2. The van der Waals surface area contributed by atoms with Gasteiger partial charge in [-0.2, -0.15) is 0 Å². The van der Waals surface area contributed by atoms with Gasteiger partial charge in [0.2, 0.25) is 0 Å². The molecule has 108 valence electrons. The molecule has 0 aliphatic carbocycles. The Kier molecular flexibility index (Phi) is 5.44. The molecule has 3 nitrogen and oxygen atoms in total. The minimum absolute atomic E-state index is 0.421. The SMILES string of the molecule is COc1cccc(CNC(C)Cc2cccs2)c1OC. The number of methoxy groups -OCH3 is 2. The van der Waals surface area contributed by atoms with Crippen molar-refractivity contribution in [3.8, 4) is 11.5 Å². The number of ether oxygens (including phenoxy) is 2. The second-order valence-corrected chi connectivity index (χ2v) is 5.75. The molecule has 0 amide bonds. The summed E-state index contributed by atoms with van der Waals surface area (Å²) in [6.45, 7) is 2.97. The van der Waals surface area contributed by atoms with Gasteiger partial charge >= 0.3 is 0 Å². The van der Waals surface area contributed by atoms with Crippen LogP contribution < -0.4 is 14.8 Å². The monoisotopic (exact) mass is 291 g/mol. The van der Waals surface area contributed by atoms with E-state index >= 15 is 0 Å². The van der Waals surface area contributed by atoms with Gasteiger partial charge in [0.25, 0.3) is 0 Å². The van der Waals surface area contributed by atoms with Crippen LogP contribution in [0.5, 0.6) is 11.5 Å². The Labute approximate surface area is 124 Å². The van der Waals surface area contributed by atoms with E-state index in [0.29, 0.717) is 6.04 Å². The van der Waals surface area contributed by atoms with Gasteiger partial charge in [-0.15, -0.1) is 11.3 Å². The highest BCUT2D eigenvalue weighted by Crippen LogP contribution is 2.30. The summed E-state index contributed by atoms with van der Waals surface area (Å²) in [5.74, 6) is 1.59. The van der Waals surface area contributed by atoms with Crippen molar-refractivity contribution >= 4 is 11.3 Å². The highest BCUT2D eigenvalue weighted by atomic mass is 32.1. The first-order valence-electron chi connectivity index (χ1n) is 6.70. The summed E-state index contributed by atoms with van der Waals surface area (Å²) in [4.78, 5) is 1.41. The van der Waals surface area contributed by atoms with Crippen LogP contribution >= 0.6 is 11.3 Å². The first-order chi connectivity index (χ1) is 9.74. The average molecular weight is 291 g/mol. The molecule has 2 rings (SSSR count). The van der Waals surface area contributed by atoms with E-state index in [9.17, 15) is 0 Å². The van der Waals surface area contributed by atoms with Gasteiger partial charge < -0.3 is 14.8 Å². The van der Waals surface area contributed by atoms with E-state index in [1.165, 1.54) is 4.88 Å². The van der Waals surface area contributed by atoms with E-state index in [2.05, 4.69) is 35.8 Å². The average Bonchev–Trinajstić information content (AvgIpc) is 2.97. The lowest BCUT2D eigenvalue weighted by Gasteiger charge is -2.16. The Morgan fingerprint density at radius 2 is 2.00 bits per heavy atom. The lowest BCUT2D eigenvalue weighted by Crippen LogP contribution is -2.27. The fourth-order valence-electron chi connectivity index (χ4n) is 2.18. The Morgan fingerprint density at radius 3 is 2.65 bits per heavy atom. The lowest BCUT2D eigenvalue weighted by atomic mass is 10.1. The third-order valence-electron chi connectivity index (χ3n) is 3.21. The van der Waals surface area contributed by atoms with Gasteiger partial charge in [0.1, 0.15) is 0 Å². The summed E-state index contributed by atoms with van der Waals surface area (Å²) in [5, 5.41) is 5.65. The molecule has 4 heteroatoms. The fraction of sp³-hybridized carbons (Fsp3) is 0.375. The summed E-state index contributed by atoms with van der Waals surface area (Å²) in [7, 11) is 3.34. The second kappa shape index (κ2) is 7.31. The molecular formula is C16H21NO2S. The standard InChI is InChI=1S/C16H21NO2S/c1-12(10-14-7-5-9-20-14)17-11-13-6-4-8-15(18-2)16(13)19-3/h4-9,12,17H,10-11H2,1-3H3. The summed E-state index contributed by atoms with van der Waals surface area (Å²) in [5.41, 5.74) is 1.12. The van der Waals surface area contributed by atoms with Crippen molar-refractivity contribution < 1.29 is 9.47 Å². The molecule has 1 heterocycles. The summed E-state index contributed by atoms with van der Waals surface area (Å²) < 4.78 is 10.8. The number of thiophene rings is 1. The number of hydrogen-bond acceptors (Lipinski definition) is 4. The van der Waals surface area contributed by atoms with Gasteiger partial charge in [0, 0.05) is 23.0 Å². The Balaban J connectivity index is 1.96. The molecule has 0 saturated carbocycles. The zero-order valence-corrected chi connectivity index (χ0v) is 13.0. The van der Waals surface area contributed by atoms with Gasteiger partial charge in [0.05, 0.1) is 14.2 Å². The maximum atomic E-state index is 5.44. The highest BCUT2D eigenvalue weighted by Gasteiger charge is 2.10. The van der Waals surface area contributed by atoms with Crippen molar-refractivity contribution in [3.05, 3.63) is 46.2 Å². The minimum Gasteiger partial charge on any atom is -0.493 e. The van der Waals surface area contributed by atoms with Gasteiger partial charge in [-0.25, -0.2) is 0 Å². The van der Waals surface area contributed by atoms with E-state index in [4.69, 9.17) is 9.47 Å². The highest BCUT2D eigenvalue weighted by molar-refractivity contribution is 7.09. The van der Waals surface area contributed by atoms with Crippen LogP contribution in [0.15, 0.2) is 35.7 Å². The number of rotatable bonds is 7. The molecule has 1 atom stereocenters. The first kappa shape index (κ1) is 14.9. The lowest BCUT2D eigenvalue weighted by molar-refractivity contribution is 0.350. The molecule has 2 aromatic rings. The molecule has 1 aromatic carbocycles. The van der Waals surface area contributed by atoms with Gasteiger partial charge in [-0.3, -0.25) is 0 Å². The Hall–Kier alpha value is -1.52. The van der Waals surface area contributed by atoms with Crippen LogP contribution in [0.25, 0.3) is 0 Å². The fourth-order valence-corrected chi connectivity index (χ4v) is 3.02. The number of hydrogen-bond donors (Lipinski definition) is 1. The van der Waals surface area contributed by atoms with E-state index in [0.717, 1.165) is 30.0 Å². The molecule has 0 fully saturated rings.